The van der Waals surface area contributed by atoms with E-state index in [1.54, 1.807) is 53.7 Å². The van der Waals surface area contributed by atoms with Gasteiger partial charge in [0.1, 0.15) is 11.2 Å². The number of hydrogen-bond acceptors (Lipinski definition) is 8. The minimum absolute atomic E-state index is 0.00881. The van der Waals surface area contributed by atoms with Gasteiger partial charge in [-0.2, -0.15) is 0 Å². The lowest BCUT2D eigenvalue weighted by Gasteiger charge is -2.20. The van der Waals surface area contributed by atoms with Crippen LogP contribution in [-0.4, -0.2) is 52.3 Å². The number of carbonyl (C=O) groups is 4. The Morgan fingerprint density at radius 2 is 1.59 bits per heavy atom. The molecule has 0 aliphatic rings. The largest absolute Gasteiger partial charge is 0.504 e. The molecule has 0 aromatic heterocycles. The topological polar surface area (TPSA) is 148 Å². The van der Waals surface area contributed by atoms with Crippen LogP contribution in [0.15, 0.2) is 30.3 Å². The van der Waals surface area contributed by atoms with Crippen molar-refractivity contribution in [1.29, 1.82) is 0 Å². The van der Waals surface area contributed by atoms with Gasteiger partial charge < -0.3 is 24.4 Å². The van der Waals surface area contributed by atoms with Gasteiger partial charge in [-0.25, -0.2) is 9.59 Å². The van der Waals surface area contributed by atoms with Crippen molar-refractivity contribution < 1.29 is 43.6 Å². The number of hydrogen-bond donors (Lipinski definition) is 3. The number of aromatic hydroxyl groups is 1. The molecule has 0 atom stereocenters. The summed E-state index contributed by atoms with van der Waals surface area (Å²) in [5, 5.41) is 22.5. The molecule has 3 N–H and O–H groups in total. The van der Waals surface area contributed by atoms with Crippen LogP contribution in [0.1, 0.15) is 86.2 Å². The van der Waals surface area contributed by atoms with Crippen LogP contribution < -0.4 is 10.1 Å². The Morgan fingerprint density at radius 1 is 0.923 bits per heavy atom. The molecule has 10 nitrogen and oxygen atoms in total. The van der Waals surface area contributed by atoms with Gasteiger partial charge in [0, 0.05) is 12.1 Å². The van der Waals surface area contributed by atoms with Gasteiger partial charge in [0.05, 0.1) is 17.7 Å². The van der Waals surface area contributed by atoms with Crippen LogP contribution >= 0.6 is 0 Å². The molecule has 0 unspecified atom stereocenters. The molecule has 0 saturated carbocycles. The van der Waals surface area contributed by atoms with Crippen molar-refractivity contribution in [1.82, 2.24) is 0 Å². The predicted molar refractivity (Wildman–Crippen MR) is 145 cm³/mol. The zero-order chi connectivity index (χ0) is 29.4. The number of phenols is 1. The van der Waals surface area contributed by atoms with Gasteiger partial charge in [-0.1, -0.05) is 6.07 Å². The van der Waals surface area contributed by atoms with E-state index in [1.165, 1.54) is 18.2 Å². The second-order valence-electron chi connectivity index (χ2n) is 10.9. The maximum absolute atomic E-state index is 12.1. The Morgan fingerprint density at radius 3 is 2.18 bits per heavy atom. The molecule has 1 amide bonds. The van der Waals surface area contributed by atoms with Gasteiger partial charge >= 0.3 is 18.0 Å². The normalized spacial score (nSPS) is 11.4. The molecule has 39 heavy (non-hydrogen) atoms. The first kappa shape index (κ1) is 31.1. The summed E-state index contributed by atoms with van der Waals surface area (Å²) in [7, 11) is 0. The van der Waals surface area contributed by atoms with Crippen molar-refractivity contribution in [3.05, 3.63) is 52.6 Å². The number of aromatic carboxylic acids is 1. The first-order valence-electron chi connectivity index (χ1n) is 12.6. The number of nitrogens with one attached hydrogen (secondary N) is 1. The van der Waals surface area contributed by atoms with E-state index in [-0.39, 0.29) is 48.5 Å². The average molecular weight is 544 g/mol. The zero-order valence-electron chi connectivity index (χ0n) is 23.3. The van der Waals surface area contributed by atoms with E-state index in [2.05, 4.69) is 5.32 Å². The zero-order valence-corrected chi connectivity index (χ0v) is 23.3. The van der Waals surface area contributed by atoms with Crippen LogP contribution in [0.5, 0.6) is 11.5 Å². The van der Waals surface area contributed by atoms with Gasteiger partial charge in [0.2, 0.25) is 0 Å². The second kappa shape index (κ2) is 13.1. The fourth-order valence-corrected chi connectivity index (χ4v) is 3.70. The van der Waals surface area contributed by atoms with Crippen LogP contribution in [0.4, 0.5) is 10.5 Å². The lowest BCUT2D eigenvalue weighted by Crippen LogP contribution is -2.27. The molecule has 0 aliphatic carbocycles. The summed E-state index contributed by atoms with van der Waals surface area (Å²) in [6.45, 7) is 10.6. The summed E-state index contributed by atoms with van der Waals surface area (Å²) < 4.78 is 16.3. The molecule has 0 aliphatic heterocycles. The SMILES string of the molecule is CC(C)(C)OC(=O)CCc1ccc(O)c(OCCCc2cc(NC(=O)OC(C)(C)C)ccc2C(=O)O)c1C=O. The summed E-state index contributed by atoms with van der Waals surface area (Å²) >= 11 is 0. The lowest BCUT2D eigenvalue weighted by molar-refractivity contribution is -0.154. The van der Waals surface area contributed by atoms with E-state index >= 15 is 0 Å². The second-order valence-corrected chi connectivity index (χ2v) is 10.9. The molecule has 0 heterocycles. The van der Waals surface area contributed by atoms with Crippen LogP contribution in [0, 0.1) is 0 Å². The molecule has 0 bridgehead atoms. The number of aryl methyl sites for hydroxylation is 2. The predicted octanol–water partition coefficient (Wildman–Crippen LogP) is 5.54. The summed E-state index contributed by atoms with van der Waals surface area (Å²) in [6.07, 6.45) is 0.793. The van der Waals surface area contributed by atoms with Crippen LogP contribution in [0.25, 0.3) is 0 Å². The number of phenolic OH excluding ortho intramolecular Hbond substituents is 1. The molecule has 2 aromatic rings. The number of carboxylic acid groups (broad SMARTS) is 1. The van der Waals surface area contributed by atoms with E-state index in [0.717, 1.165) is 0 Å². The highest BCUT2D eigenvalue weighted by atomic mass is 16.6. The Kier molecular flexibility index (Phi) is 10.5. The number of rotatable bonds is 11. The van der Waals surface area contributed by atoms with E-state index < -0.39 is 29.2 Å². The van der Waals surface area contributed by atoms with Crippen LogP contribution in [-0.2, 0) is 27.1 Å². The van der Waals surface area contributed by atoms with E-state index in [1.807, 2.05) is 0 Å². The van der Waals surface area contributed by atoms with Crippen molar-refractivity contribution in [3.63, 3.8) is 0 Å². The monoisotopic (exact) mass is 543 g/mol. The Labute approximate surface area is 228 Å². The highest BCUT2D eigenvalue weighted by Crippen LogP contribution is 2.33. The molecular weight excluding hydrogens is 506 g/mol. The maximum Gasteiger partial charge on any atom is 0.412 e. The molecule has 2 rings (SSSR count). The highest BCUT2D eigenvalue weighted by molar-refractivity contribution is 5.91. The van der Waals surface area contributed by atoms with Crippen molar-refractivity contribution in [3.8, 4) is 11.5 Å². The van der Waals surface area contributed by atoms with E-state index in [4.69, 9.17) is 14.2 Å². The average Bonchev–Trinajstić information content (AvgIpc) is 2.79. The molecule has 10 heteroatoms. The van der Waals surface area contributed by atoms with E-state index in [9.17, 15) is 29.4 Å². The van der Waals surface area contributed by atoms with Gasteiger partial charge in [-0.3, -0.25) is 14.9 Å². The number of benzene rings is 2. The lowest BCUT2D eigenvalue weighted by atomic mass is 10.0. The Balaban J connectivity index is 2.09. The Hall–Kier alpha value is -4.08. The van der Waals surface area contributed by atoms with Crippen molar-refractivity contribution in [2.24, 2.45) is 0 Å². The third kappa shape index (κ3) is 10.3. The van der Waals surface area contributed by atoms with Crippen LogP contribution in [0.3, 0.4) is 0 Å². The highest BCUT2D eigenvalue weighted by Gasteiger charge is 2.20. The minimum atomic E-state index is -1.12. The van der Waals surface area contributed by atoms with Crippen molar-refractivity contribution in [2.75, 3.05) is 11.9 Å². The number of anilines is 1. The minimum Gasteiger partial charge on any atom is -0.504 e. The Bertz CT molecular complexity index is 1210. The molecule has 2 aromatic carbocycles. The smallest absolute Gasteiger partial charge is 0.412 e. The summed E-state index contributed by atoms with van der Waals surface area (Å²) in [5.74, 6) is -1.76. The van der Waals surface area contributed by atoms with Gasteiger partial charge in [-0.05, 0) is 96.2 Å². The molecule has 0 fully saturated rings. The van der Waals surface area contributed by atoms with Gasteiger partial charge in [0.15, 0.2) is 17.8 Å². The summed E-state index contributed by atoms with van der Waals surface area (Å²) in [6, 6.07) is 7.37. The number of aldehydes is 1. The number of ether oxygens (including phenoxy) is 3. The summed E-state index contributed by atoms with van der Waals surface area (Å²) in [4.78, 5) is 47.7. The fourth-order valence-electron chi connectivity index (χ4n) is 3.70. The number of esters is 1. The first-order valence-corrected chi connectivity index (χ1v) is 12.6. The number of amides is 1. The molecule has 0 radical (unpaired) electrons. The van der Waals surface area contributed by atoms with Crippen molar-refractivity contribution >= 4 is 30.0 Å². The van der Waals surface area contributed by atoms with Crippen LogP contribution in [0.2, 0.25) is 0 Å². The number of carboxylic acids is 1. The first-order chi connectivity index (χ1) is 18.1. The molecule has 0 saturated heterocycles. The molecular formula is C29H37NO9. The van der Waals surface area contributed by atoms with Gasteiger partial charge in [0.25, 0.3) is 0 Å². The van der Waals surface area contributed by atoms with Crippen molar-refractivity contribution in [2.45, 2.75) is 78.4 Å². The third-order valence-electron chi connectivity index (χ3n) is 5.22. The van der Waals surface area contributed by atoms with E-state index in [0.29, 0.717) is 29.5 Å². The number of carbonyl (C=O) groups excluding carboxylic acids is 3. The fraction of sp³-hybridized carbons (Fsp3) is 0.448. The molecule has 212 valence electrons. The standard InChI is InChI=1S/C29H37NO9/c1-28(2,3)38-24(33)14-10-18-9-13-23(32)25(22(18)17-31)37-15-7-8-19-16-20(11-12-21(19)26(34)35)30-27(36)39-29(4,5)6/h9,11-13,16-17,32H,7-8,10,14-15H2,1-6H3,(H,30,36)(H,34,35). The third-order valence-corrected chi connectivity index (χ3v) is 5.22. The quantitative estimate of drug-likeness (QED) is 0.189. The molecule has 0 spiro atoms. The van der Waals surface area contributed by atoms with Gasteiger partial charge in [-0.15, -0.1) is 0 Å². The summed E-state index contributed by atoms with van der Waals surface area (Å²) in [5.41, 5.74) is 0.259. The maximum atomic E-state index is 12.1.